The van der Waals surface area contributed by atoms with E-state index in [1.807, 2.05) is 60.7 Å². The molecule has 3 aromatic carbocycles. The molecule has 0 aromatic heterocycles. The molecule has 2 atom stereocenters. The van der Waals surface area contributed by atoms with Gasteiger partial charge in [0.15, 0.2) is 11.6 Å². The van der Waals surface area contributed by atoms with E-state index in [1.165, 1.54) is 0 Å². The van der Waals surface area contributed by atoms with Crippen molar-refractivity contribution < 1.29 is 19.4 Å². The van der Waals surface area contributed by atoms with E-state index in [0.29, 0.717) is 36.8 Å². The molecule has 1 aliphatic heterocycles. The Kier molecular flexibility index (Phi) is 10.5. The fourth-order valence-corrected chi connectivity index (χ4v) is 5.03. The third-order valence-electron chi connectivity index (χ3n) is 6.55. The van der Waals surface area contributed by atoms with Crippen LogP contribution in [0.4, 0.5) is 0 Å². The first-order valence-corrected chi connectivity index (χ1v) is 13.9. The standard InChI is InChI=1S/C30H31BrN6O4/c1-2-16-33-36-29(39)30(19-22-8-3-4-9-23(22)20-34-37-32)27(25-10-5-6-11-26(25)31)41-28(35-30)21-12-14-24(15-13-21)40-18-7-17-38/h2-6,8-15,27,33,38H,1,7,16-20H2,(H,36,39)/t27-,30-/m0/s1. The number of azide groups is 1. The van der Waals surface area contributed by atoms with Gasteiger partial charge >= 0.3 is 0 Å². The maximum atomic E-state index is 14.1. The predicted octanol–water partition coefficient (Wildman–Crippen LogP) is 5.33. The number of hydrogen-bond acceptors (Lipinski definition) is 7. The van der Waals surface area contributed by atoms with Crippen LogP contribution in [-0.4, -0.2) is 42.2 Å². The van der Waals surface area contributed by atoms with Crippen LogP contribution in [0, 0.1) is 0 Å². The Balaban J connectivity index is 1.82. The third-order valence-corrected chi connectivity index (χ3v) is 7.27. The predicted molar refractivity (Wildman–Crippen MR) is 160 cm³/mol. The van der Waals surface area contributed by atoms with Gasteiger partial charge in [-0.05, 0) is 47.0 Å². The molecule has 0 saturated carbocycles. The van der Waals surface area contributed by atoms with Crippen molar-refractivity contribution >= 4 is 27.7 Å². The Hall–Kier alpha value is -4.15. The van der Waals surface area contributed by atoms with Crippen molar-refractivity contribution in [1.29, 1.82) is 0 Å². The molecule has 0 fully saturated rings. The lowest BCUT2D eigenvalue weighted by atomic mass is 9.81. The summed E-state index contributed by atoms with van der Waals surface area (Å²) in [5.74, 6) is 0.560. The molecule has 10 nitrogen and oxygen atoms in total. The average molecular weight is 620 g/mol. The topological polar surface area (TPSA) is 141 Å². The van der Waals surface area contributed by atoms with Crippen LogP contribution in [0.2, 0.25) is 0 Å². The fraction of sp³-hybridized carbons (Fsp3) is 0.267. The lowest BCUT2D eigenvalue weighted by Crippen LogP contribution is -2.54. The zero-order valence-corrected chi connectivity index (χ0v) is 24.0. The molecule has 1 aliphatic rings. The molecule has 0 aliphatic carbocycles. The van der Waals surface area contributed by atoms with E-state index in [9.17, 15) is 4.79 Å². The average Bonchev–Trinajstić information content (AvgIpc) is 3.37. The zero-order chi connectivity index (χ0) is 29.1. The van der Waals surface area contributed by atoms with Crippen LogP contribution in [0.15, 0.2) is 100 Å². The van der Waals surface area contributed by atoms with E-state index in [1.54, 1.807) is 18.2 Å². The molecule has 0 saturated heterocycles. The highest BCUT2D eigenvalue weighted by Crippen LogP contribution is 2.45. The second-order valence-corrected chi connectivity index (χ2v) is 10.1. The number of carbonyl (C=O) groups excluding carboxylic acids is 1. The van der Waals surface area contributed by atoms with E-state index in [0.717, 1.165) is 21.2 Å². The largest absolute Gasteiger partial charge is 0.494 e. The zero-order valence-electron chi connectivity index (χ0n) is 22.4. The second-order valence-electron chi connectivity index (χ2n) is 9.27. The van der Waals surface area contributed by atoms with Gasteiger partial charge in [0.2, 0.25) is 5.90 Å². The van der Waals surface area contributed by atoms with Crippen LogP contribution >= 0.6 is 15.9 Å². The summed E-state index contributed by atoms with van der Waals surface area (Å²) in [6.45, 7) is 4.64. The van der Waals surface area contributed by atoms with Crippen LogP contribution < -0.4 is 15.6 Å². The van der Waals surface area contributed by atoms with Crippen molar-refractivity contribution in [3.63, 3.8) is 0 Å². The molecule has 4 rings (SSSR count). The molecule has 3 N–H and O–H groups in total. The highest BCUT2D eigenvalue weighted by atomic mass is 79.9. The normalized spacial score (nSPS) is 17.6. The minimum Gasteiger partial charge on any atom is -0.494 e. The summed E-state index contributed by atoms with van der Waals surface area (Å²) in [7, 11) is 0. The summed E-state index contributed by atoms with van der Waals surface area (Å²) >= 11 is 3.64. The van der Waals surface area contributed by atoms with Crippen LogP contribution in [0.3, 0.4) is 0 Å². The van der Waals surface area contributed by atoms with E-state index >= 15 is 0 Å². The molecule has 0 radical (unpaired) electrons. The molecule has 1 heterocycles. The van der Waals surface area contributed by atoms with Gasteiger partial charge < -0.3 is 14.6 Å². The van der Waals surface area contributed by atoms with Gasteiger partial charge in [0.1, 0.15) is 5.75 Å². The summed E-state index contributed by atoms with van der Waals surface area (Å²) in [4.78, 5) is 22.0. The number of benzene rings is 3. The molecule has 0 unspecified atom stereocenters. The number of aliphatic hydroxyl groups is 1. The number of nitrogens with one attached hydrogen (secondary N) is 2. The smallest absolute Gasteiger partial charge is 0.266 e. The number of aliphatic hydroxyl groups excluding tert-OH is 1. The number of hydrazine groups is 1. The molecule has 11 heteroatoms. The number of rotatable bonds is 14. The minimum atomic E-state index is -1.43. The number of amides is 1. The lowest BCUT2D eigenvalue weighted by molar-refractivity contribution is -0.129. The summed E-state index contributed by atoms with van der Waals surface area (Å²) in [5, 5.41) is 12.8. The minimum absolute atomic E-state index is 0.0525. The Morgan fingerprint density at radius 1 is 1.17 bits per heavy atom. The van der Waals surface area contributed by atoms with Crippen LogP contribution in [-0.2, 0) is 22.5 Å². The van der Waals surface area contributed by atoms with Crippen LogP contribution in [0.25, 0.3) is 10.4 Å². The Labute approximate surface area is 246 Å². The number of carbonyl (C=O) groups is 1. The number of ether oxygens (including phenoxy) is 2. The molecule has 0 bridgehead atoms. The number of halogens is 1. The maximum Gasteiger partial charge on any atom is 0.266 e. The van der Waals surface area contributed by atoms with E-state index in [-0.39, 0.29) is 19.6 Å². The van der Waals surface area contributed by atoms with Gasteiger partial charge in [-0.3, -0.25) is 10.2 Å². The summed E-state index contributed by atoms with van der Waals surface area (Å²) in [6.07, 6.45) is 1.54. The Bertz CT molecular complexity index is 1440. The highest BCUT2D eigenvalue weighted by Gasteiger charge is 2.54. The van der Waals surface area contributed by atoms with Crippen molar-refractivity contribution in [2.45, 2.75) is 31.0 Å². The molecule has 3 aromatic rings. The quantitative estimate of drug-likeness (QED) is 0.0559. The number of nitrogens with zero attached hydrogens (tertiary/aromatic N) is 4. The van der Waals surface area contributed by atoms with Crippen molar-refractivity contribution in [3.05, 3.63) is 123 Å². The maximum absolute atomic E-state index is 14.1. The van der Waals surface area contributed by atoms with Gasteiger partial charge in [-0.1, -0.05) is 69.6 Å². The first-order valence-electron chi connectivity index (χ1n) is 13.1. The monoisotopic (exact) mass is 618 g/mol. The summed E-state index contributed by atoms with van der Waals surface area (Å²) < 4.78 is 13.0. The highest BCUT2D eigenvalue weighted by molar-refractivity contribution is 9.10. The van der Waals surface area contributed by atoms with Crippen LogP contribution in [0.5, 0.6) is 5.75 Å². The van der Waals surface area contributed by atoms with Crippen LogP contribution in [0.1, 0.15) is 34.8 Å². The molecule has 0 spiro atoms. The Morgan fingerprint density at radius 3 is 2.61 bits per heavy atom. The molecular weight excluding hydrogens is 588 g/mol. The van der Waals surface area contributed by atoms with Gasteiger partial charge in [0.25, 0.3) is 5.91 Å². The van der Waals surface area contributed by atoms with Gasteiger partial charge in [-0.2, -0.15) is 0 Å². The summed E-state index contributed by atoms with van der Waals surface area (Å²) in [5.41, 5.74) is 16.2. The first kappa shape index (κ1) is 29.8. The number of aliphatic imine (C=N–C) groups is 1. The molecule has 1 amide bonds. The first-order chi connectivity index (χ1) is 20.0. The van der Waals surface area contributed by atoms with Crippen molar-refractivity contribution in [2.24, 2.45) is 10.1 Å². The third kappa shape index (κ3) is 7.14. The summed E-state index contributed by atoms with van der Waals surface area (Å²) in [6, 6.07) is 22.3. The van der Waals surface area contributed by atoms with Crippen molar-refractivity contribution in [1.82, 2.24) is 10.9 Å². The van der Waals surface area contributed by atoms with E-state index < -0.39 is 17.6 Å². The van der Waals surface area contributed by atoms with Gasteiger partial charge in [0, 0.05) is 46.5 Å². The SMILES string of the molecule is C=CCNNC(=O)[C@@]1(Cc2ccccc2CN=[N+]=[N-])N=C(c2ccc(OCCCO)cc2)O[C@H]1c1ccccc1Br. The van der Waals surface area contributed by atoms with Gasteiger partial charge in [-0.15, -0.1) is 6.58 Å². The van der Waals surface area contributed by atoms with Crippen molar-refractivity contribution in [2.75, 3.05) is 19.8 Å². The Morgan fingerprint density at radius 2 is 1.90 bits per heavy atom. The second kappa shape index (κ2) is 14.5. The molecule has 212 valence electrons. The van der Waals surface area contributed by atoms with E-state index in [2.05, 4.69) is 43.4 Å². The molecular formula is C30H31BrN6O4. The van der Waals surface area contributed by atoms with Crippen molar-refractivity contribution in [3.8, 4) is 5.75 Å². The van der Waals surface area contributed by atoms with Gasteiger partial charge in [-0.25, -0.2) is 10.4 Å². The fourth-order valence-electron chi connectivity index (χ4n) is 4.54. The molecule has 41 heavy (non-hydrogen) atoms. The lowest BCUT2D eigenvalue weighted by Gasteiger charge is -2.31. The van der Waals surface area contributed by atoms with E-state index in [4.69, 9.17) is 25.1 Å². The number of hydrogen-bond donors (Lipinski definition) is 3. The van der Waals surface area contributed by atoms with Gasteiger partial charge in [0.05, 0.1) is 13.2 Å².